The second-order valence-electron chi connectivity index (χ2n) is 5.96. The van der Waals surface area contributed by atoms with E-state index < -0.39 is 16.1 Å². The number of benzene rings is 1. The Morgan fingerprint density at radius 3 is 2.80 bits per heavy atom. The highest BCUT2D eigenvalue weighted by molar-refractivity contribution is 7.92. The van der Waals surface area contributed by atoms with Crippen LogP contribution in [0.3, 0.4) is 0 Å². The lowest BCUT2D eigenvalue weighted by molar-refractivity contribution is -0.140. The molecule has 0 bridgehead atoms. The average molecular weight is 361 g/mol. The number of nitrogens with one attached hydrogen (secondary N) is 1. The lowest BCUT2D eigenvalue weighted by atomic mass is 9.99. The van der Waals surface area contributed by atoms with Crippen LogP contribution in [-0.4, -0.2) is 42.0 Å². The summed E-state index contributed by atoms with van der Waals surface area (Å²) in [6.45, 7) is 2.22. The first-order valence-corrected chi connectivity index (χ1v) is 9.36. The Bertz CT molecular complexity index is 882. The number of aromatic nitrogens is 1. The Morgan fingerprint density at radius 1 is 1.32 bits per heavy atom. The van der Waals surface area contributed by atoms with Gasteiger partial charge >= 0.3 is 0 Å². The number of nitrogens with zero attached hydrogens (tertiary/aromatic N) is 2. The minimum atomic E-state index is -3.74. The van der Waals surface area contributed by atoms with Gasteiger partial charge in [0.2, 0.25) is 0 Å². The molecule has 1 aliphatic heterocycles. The third-order valence-corrected chi connectivity index (χ3v) is 5.46. The molecule has 1 atom stereocenters. The van der Waals surface area contributed by atoms with Crippen molar-refractivity contribution in [1.29, 1.82) is 0 Å². The molecule has 0 saturated heterocycles. The molecule has 1 aliphatic rings. The van der Waals surface area contributed by atoms with Crippen molar-refractivity contribution in [2.75, 3.05) is 11.3 Å². The molecule has 2 heterocycles. The molecule has 0 unspecified atom stereocenters. The number of amides is 1. The van der Waals surface area contributed by atoms with Gasteiger partial charge in [0, 0.05) is 19.3 Å². The topological polar surface area (TPSA) is 99.6 Å². The van der Waals surface area contributed by atoms with Crippen molar-refractivity contribution < 1.29 is 18.3 Å². The Kier molecular flexibility index (Phi) is 4.73. The number of aliphatic hydroxyl groups excluding tert-OH is 1. The van der Waals surface area contributed by atoms with Gasteiger partial charge in [-0.2, -0.15) is 0 Å². The van der Waals surface area contributed by atoms with Crippen molar-refractivity contribution >= 4 is 21.6 Å². The van der Waals surface area contributed by atoms with Gasteiger partial charge in [0.15, 0.2) is 0 Å². The molecule has 0 radical (unpaired) electrons. The first kappa shape index (κ1) is 17.4. The Hall–Kier alpha value is -2.45. The molecule has 0 saturated carbocycles. The maximum absolute atomic E-state index is 12.6. The summed E-state index contributed by atoms with van der Waals surface area (Å²) in [6, 6.07) is 8.17. The van der Waals surface area contributed by atoms with Crippen LogP contribution in [0.25, 0.3) is 0 Å². The third-order valence-electron chi connectivity index (χ3n) is 4.08. The van der Waals surface area contributed by atoms with Crippen molar-refractivity contribution in [2.24, 2.45) is 0 Å². The number of anilines is 1. The van der Waals surface area contributed by atoms with Gasteiger partial charge in [-0.15, -0.1) is 0 Å². The summed E-state index contributed by atoms with van der Waals surface area (Å²) in [7, 11) is -3.74. The van der Waals surface area contributed by atoms with Crippen LogP contribution < -0.4 is 4.72 Å². The number of carbonyl (C=O) groups is 1. The van der Waals surface area contributed by atoms with Gasteiger partial charge in [-0.3, -0.25) is 14.5 Å². The fraction of sp³-hybridized carbons (Fsp3) is 0.294. The highest BCUT2D eigenvalue weighted by Crippen LogP contribution is 2.24. The zero-order valence-electron chi connectivity index (χ0n) is 13.7. The normalized spacial score (nSPS) is 15.4. The second kappa shape index (κ2) is 6.81. The van der Waals surface area contributed by atoms with Crippen molar-refractivity contribution in [3.63, 3.8) is 0 Å². The Labute approximate surface area is 146 Å². The van der Waals surface area contributed by atoms with E-state index in [0.717, 1.165) is 11.1 Å². The molecular formula is C17H19N3O4S. The number of hydrogen-bond acceptors (Lipinski definition) is 5. The molecule has 132 valence electrons. The fourth-order valence-electron chi connectivity index (χ4n) is 2.79. The van der Waals surface area contributed by atoms with Crippen LogP contribution in [0.2, 0.25) is 0 Å². The monoisotopic (exact) mass is 361 g/mol. The first-order chi connectivity index (χ1) is 11.9. The molecule has 25 heavy (non-hydrogen) atoms. The van der Waals surface area contributed by atoms with Gasteiger partial charge in [0.1, 0.15) is 6.10 Å². The highest BCUT2D eigenvalue weighted by atomic mass is 32.2. The zero-order valence-corrected chi connectivity index (χ0v) is 14.5. The number of hydrogen-bond donors (Lipinski definition) is 2. The molecule has 1 amide bonds. The largest absolute Gasteiger partial charge is 0.384 e. The van der Waals surface area contributed by atoms with Gasteiger partial charge in [-0.05, 0) is 48.7 Å². The van der Waals surface area contributed by atoms with Crippen molar-refractivity contribution in [3.05, 3.63) is 53.9 Å². The number of sulfonamides is 1. The third kappa shape index (κ3) is 3.80. The summed E-state index contributed by atoms with van der Waals surface area (Å²) in [5, 5.41) is 9.47. The van der Waals surface area contributed by atoms with E-state index >= 15 is 0 Å². The van der Waals surface area contributed by atoms with Crippen molar-refractivity contribution in [2.45, 2.75) is 30.9 Å². The van der Waals surface area contributed by atoms with Crippen LogP contribution in [0.5, 0.6) is 0 Å². The van der Waals surface area contributed by atoms with E-state index in [4.69, 9.17) is 0 Å². The molecule has 7 nitrogen and oxygen atoms in total. The molecule has 2 N–H and O–H groups in total. The van der Waals surface area contributed by atoms with Gasteiger partial charge in [-0.1, -0.05) is 6.07 Å². The summed E-state index contributed by atoms with van der Waals surface area (Å²) < 4.78 is 27.6. The smallest absolute Gasteiger partial charge is 0.261 e. The minimum absolute atomic E-state index is 0.126. The molecule has 8 heteroatoms. The average Bonchev–Trinajstić information content (AvgIpc) is 2.60. The zero-order chi connectivity index (χ0) is 18.0. The molecule has 3 rings (SSSR count). The number of pyridine rings is 1. The predicted molar refractivity (Wildman–Crippen MR) is 92.3 cm³/mol. The molecule has 0 aliphatic carbocycles. The lowest BCUT2D eigenvalue weighted by Gasteiger charge is -2.30. The van der Waals surface area contributed by atoms with E-state index in [-0.39, 0.29) is 17.3 Å². The number of aliphatic hydroxyl groups is 1. The fourth-order valence-corrected chi connectivity index (χ4v) is 3.88. The standard InChI is InChI=1S/C17H19N3O4S/c1-12(21)17(22)20-8-6-13-4-5-16(9-14(13)11-20)25(23,24)19-15-3-2-7-18-10-15/h2-5,7,9-10,12,19,21H,6,8,11H2,1H3/t12-/m1/s1. The summed E-state index contributed by atoms with van der Waals surface area (Å²) in [5.74, 6) is -0.354. The van der Waals surface area contributed by atoms with Crippen LogP contribution in [0.15, 0.2) is 47.6 Å². The second-order valence-corrected chi connectivity index (χ2v) is 7.65. The van der Waals surface area contributed by atoms with E-state index in [2.05, 4.69) is 9.71 Å². The molecule has 1 aromatic heterocycles. The van der Waals surface area contributed by atoms with Crippen LogP contribution >= 0.6 is 0 Å². The quantitative estimate of drug-likeness (QED) is 0.851. The number of carbonyl (C=O) groups excluding carboxylic acids is 1. The van der Waals surface area contributed by atoms with E-state index in [9.17, 15) is 18.3 Å². The Morgan fingerprint density at radius 2 is 2.12 bits per heavy atom. The molecule has 0 spiro atoms. The number of fused-ring (bicyclic) bond motifs is 1. The minimum Gasteiger partial charge on any atom is -0.384 e. The van der Waals surface area contributed by atoms with Gasteiger partial charge in [0.25, 0.3) is 15.9 Å². The van der Waals surface area contributed by atoms with Crippen molar-refractivity contribution in [1.82, 2.24) is 9.88 Å². The summed E-state index contributed by atoms with van der Waals surface area (Å²) in [4.78, 5) is 17.5. The lowest BCUT2D eigenvalue weighted by Crippen LogP contribution is -2.41. The van der Waals surface area contributed by atoms with E-state index in [1.165, 1.54) is 18.0 Å². The SMILES string of the molecule is C[C@@H](O)C(=O)N1CCc2ccc(S(=O)(=O)Nc3cccnc3)cc2C1. The predicted octanol–water partition coefficient (Wildman–Crippen LogP) is 1.15. The molecular weight excluding hydrogens is 342 g/mol. The summed E-state index contributed by atoms with van der Waals surface area (Å²) >= 11 is 0. The van der Waals surface area contributed by atoms with Crippen molar-refractivity contribution in [3.8, 4) is 0 Å². The molecule has 1 aromatic carbocycles. The number of rotatable bonds is 4. The van der Waals surface area contributed by atoms with Crippen LogP contribution in [0.4, 0.5) is 5.69 Å². The maximum atomic E-state index is 12.6. The van der Waals surface area contributed by atoms with Crippen LogP contribution in [0, 0.1) is 0 Å². The summed E-state index contributed by atoms with van der Waals surface area (Å²) in [6.07, 6.45) is 2.55. The van der Waals surface area contributed by atoms with Crippen LogP contribution in [0.1, 0.15) is 18.1 Å². The van der Waals surface area contributed by atoms with E-state index in [0.29, 0.717) is 18.7 Å². The Balaban J connectivity index is 1.86. The molecule has 2 aromatic rings. The first-order valence-electron chi connectivity index (χ1n) is 7.88. The van der Waals surface area contributed by atoms with Gasteiger partial charge in [0.05, 0.1) is 16.8 Å². The molecule has 0 fully saturated rings. The van der Waals surface area contributed by atoms with Crippen LogP contribution in [-0.2, 0) is 27.8 Å². The summed E-state index contributed by atoms with van der Waals surface area (Å²) in [5.41, 5.74) is 2.16. The van der Waals surface area contributed by atoms with E-state index in [1.54, 1.807) is 36.5 Å². The highest BCUT2D eigenvalue weighted by Gasteiger charge is 2.25. The van der Waals surface area contributed by atoms with Gasteiger partial charge in [-0.25, -0.2) is 8.42 Å². The van der Waals surface area contributed by atoms with E-state index in [1.807, 2.05) is 0 Å². The van der Waals surface area contributed by atoms with Gasteiger partial charge < -0.3 is 10.0 Å². The maximum Gasteiger partial charge on any atom is 0.261 e.